The van der Waals surface area contributed by atoms with Crippen LogP contribution in [0.15, 0.2) is 65.6 Å². The van der Waals surface area contributed by atoms with Crippen molar-refractivity contribution in [3.63, 3.8) is 0 Å². The normalized spacial score (nSPS) is 11.0. The fourth-order valence-corrected chi connectivity index (χ4v) is 3.65. The van der Waals surface area contributed by atoms with Gasteiger partial charge < -0.3 is 14.9 Å². The molecule has 11 heteroatoms. The molecule has 8 nitrogen and oxygen atoms in total. The first-order valence-electron chi connectivity index (χ1n) is 8.44. The molecule has 0 saturated heterocycles. The number of aromatic carboxylic acids is 2. The quantitative estimate of drug-likeness (QED) is 0.498. The number of halogens is 2. The third-order valence-electron chi connectivity index (χ3n) is 4.01. The lowest BCUT2D eigenvalue weighted by Gasteiger charge is -2.14. The van der Waals surface area contributed by atoms with Crippen molar-refractivity contribution < 1.29 is 41.7 Å². The highest BCUT2D eigenvalue weighted by Crippen LogP contribution is 2.32. The van der Waals surface area contributed by atoms with Gasteiger partial charge in [-0.05, 0) is 48.5 Å². The molecule has 0 amide bonds. The van der Waals surface area contributed by atoms with Gasteiger partial charge in [-0.3, -0.25) is 4.72 Å². The summed E-state index contributed by atoms with van der Waals surface area (Å²) in [5, 5.41) is 18.3. The van der Waals surface area contributed by atoms with Crippen LogP contribution in [0, 0.1) is 11.6 Å². The Labute approximate surface area is 174 Å². The van der Waals surface area contributed by atoms with E-state index >= 15 is 0 Å². The van der Waals surface area contributed by atoms with Crippen LogP contribution in [0.25, 0.3) is 0 Å². The van der Waals surface area contributed by atoms with E-state index in [9.17, 15) is 31.9 Å². The van der Waals surface area contributed by atoms with E-state index in [-0.39, 0.29) is 17.2 Å². The number of carbonyl (C=O) groups is 2. The van der Waals surface area contributed by atoms with Crippen molar-refractivity contribution in [2.24, 2.45) is 0 Å². The molecule has 160 valence electrons. The molecule has 0 radical (unpaired) electrons. The molecule has 0 heterocycles. The fraction of sp³-hybridized carbons (Fsp3) is 0. The predicted octanol–water partition coefficient (Wildman–Crippen LogP) is 3.95. The zero-order valence-corrected chi connectivity index (χ0v) is 16.2. The number of carboxylic acids is 2. The van der Waals surface area contributed by atoms with Crippen molar-refractivity contribution in [1.29, 1.82) is 0 Å². The third kappa shape index (κ3) is 4.78. The maximum absolute atomic E-state index is 13.4. The van der Waals surface area contributed by atoms with Crippen molar-refractivity contribution in [3.8, 4) is 11.5 Å². The lowest BCUT2D eigenvalue weighted by molar-refractivity contribution is 0.0651. The Morgan fingerprint density at radius 2 is 1.52 bits per heavy atom. The Morgan fingerprint density at radius 1 is 0.839 bits per heavy atom. The van der Waals surface area contributed by atoms with Crippen LogP contribution in [-0.4, -0.2) is 30.6 Å². The number of hydrogen-bond donors (Lipinski definition) is 3. The topological polar surface area (TPSA) is 130 Å². The van der Waals surface area contributed by atoms with E-state index in [0.717, 1.165) is 18.2 Å². The van der Waals surface area contributed by atoms with E-state index in [1.165, 1.54) is 30.3 Å². The highest BCUT2D eigenvalue weighted by atomic mass is 32.2. The Bertz CT molecular complexity index is 1290. The summed E-state index contributed by atoms with van der Waals surface area (Å²) in [6, 6.07) is 11.0. The van der Waals surface area contributed by atoms with E-state index in [2.05, 4.69) is 4.72 Å². The average molecular weight is 449 g/mol. The molecule has 3 N–H and O–H groups in total. The number of sulfonamides is 1. The van der Waals surface area contributed by atoms with Crippen LogP contribution >= 0.6 is 0 Å². The van der Waals surface area contributed by atoms with E-state index in [1.807, 2.05) is 0 Å². The number of benzene rings is 3. The molecule has 3 aromatic rings. The molecule has 3 rings (SSSR count). The largest absolute Gasteiger partial charge is 0.478 e. The highest BCUT2D eigenvalue weighted by molar-refractivity contribution is 7.92. The maximum atomic E-state index is 13.4. The van der Waals surface area contributed by atoms with E-state index in [1.54, 1.807) is 0 Å². The molecular weight excluding hydrogens is 436 g/mol. The minimum atomic E-state index is -4.32. The van der Waals surface area contributed by atoms with Crippen LogP contribution in [0.2, 0.25) is 0 Å². The molecule has 0 spiro atoms. The summed E-state index contributed by atoms with van der Waals surface area (Å²) in [7, 11) is -4.32. The predicted molar refractivity (Wildman–Crippen MR) is 104 cm³/mol. The zero-order chi connectivity index (χ0) is 22.8. The first kappa shape index (κ1) is 21.7. The van der Waals surface area contributed by atoms with Crippen LogP contribution in [0.5, 0.6) is 11.5 Å². The maximum Gasteiger partial charge on any atom is 0.336 e. The molecule has 3 aromatic carbocycles. The van der Waals surface area contributed by atoms with Gasteiger partial charge in [0.25, 0.3) is 10.0 Å². The SMILES string of the molecule is O=C(O)c1ccc(Oc2ccccc2NS(=O)(=O)c2ccc(F)c(F)c2)cc1C(=O)O. The van der Waals surface area contributed by atoms with Gasteiger partial charge >= 0.3 is 11.9 Å². The minimum absolute atomic E-state index is 0.0481. The van der Waals surface area contributed by atoms with Gasteiger partial charge in [0.05, 0.1) is 21.7 Å². The second-order valence-electron chi connectivity index (χ2n) is 6.10. The first-order valence-corrected chi connectivity index (χ1v) is 9.92. The van der Waals surface area contributed by atoms with Gasteiger partial charge in [0.15, 0.2) is 17.4 Å². The molecule has 0 unspecified atom stereocenters. The van der Waals surface area contributed by atoms with Gasteiger partial charge in [-0.25, -0.2) is 26.8 Å². The van der Waals surface area contributed by atoms with E-state index in [4.69, 9.17) is 9.84 Å². The summed E-state index contributed by atoms with van der Waals surface area (Å²) in [4.78, 5) is 22.0. The van der Waals surface area contributed by atoms with Gasteiger partial charge in [0, 0.05) is 0 Å². The summed E-state index contributed by atoms with van der Waals surface area (Å²) < 4.78 is 59.3. The number of para-hydroxylation sites is 2. The Morgan fingerprint density at radius 3 is 2.16 bits per heavy atom. The molecule has 0 bridgehead atoms. The van der Waals surface area contributed by atoms with Crippen molar-refractivity contribution in [1.82, 2.24) is 0 Å². The van der Waals surface area contributed by atoms with Crippen LogP contribution in [0.3, 0.4) is 0 Å². The van der Waals surface area contributed by atoms with Gasteiger partial charge in [-0.15, -0.1) is 0 Å². The van der Waals surface area contributed by atoms with Crippen LogP contribution in [-0.2, 0) is 10.0 Å². The first-order chi connectivity index (χ1) is 14.6. The minimum Gasteiger partial charge on any atom is -0.478 e. The van der Waals surface area contributed by atoms with Crippen molar-refractivity contribution >= 4 is 27.6 Å². The van der Waals surface area contributed by atoms with Gasteiger partial charge in [0.1, 0.15) is 5.75 Å². The Balaban J connectivity index is 1.94. The fourth-order valence-electron chi connectivity index (χ4n) is 2.56. The Kier molecular flexibility index (Phi) is 5.88. The number of anilines is 1. The van der Waals surface area contributed by atoms with Crippen molar-refractivity contribution in [2.45, 2.75) is 4.90 Å². The molecule has 0 aliphatic carbocycles. The lowest BCUT2D eigenvalue weighted by atomic mass is 10.1. The molecule has 0 aliphatic rings. The number of carboxylic acid groups (broad SMARTS) is 2. The monoisotopic (exact) mass is 449 g/mol. The summed E-state index contributed by atoms with van der Waals surface area (Å²) in [6.45, 7) is 0. The number of ether oxygens (including phenoxy) is 1. The van der Waals surface area contributed by atoms with Gasteiger partial charge in [-0.2, -0.15) is 0 Å². The molecular formula is C20H13F2NO7S. The summed E-state index contributed by atoms with van der Waals surface area (Å²) >= 11 is 0. The number of hydrogen-bond acceptors (Lipinski definition) is 5. The van der Waals surface area contributed by atoms with Crippen molar-refractivity contribution in [3.05, 3.63) is 83.4 Å². The lowest BCUT2D eigenvalue weighted by Crippen LogP contribution is -2.14. The molecule has 0 atom stereocenters. The second-order valence-corrected chi connectivity index (χ2v) is 7.78. The smallest absolute Gasteiger partial charge is 0.336 e. The molecule has 0 saturated carbocycles. The highest BCUT2D eigenvalue weighted by Gasteiger charge is 2.20. The third-order valence-corrected chi connectivity index (χ3v) is 5.38. The molecule has 31 heavy (non-hydrogen) atoms. The number of nitrogens with one attached hydrogen (secondary N) is 1. The summed E-state index contributed by atoms with van der Waals surface area (Å²) in [5.74, 6) is -5.59. The molecule has 0 aliphatic heterocycles. The zero-order valence-electron chi connectivity index (χ0n) is 15.4. The second kappa shape index (κ2) is 8.40. The summed E-state index contributed by atoms with van der Waals surface area (Å²) in [5.41, 5.74) is -1.05. The summed E-state index contributed by atoms with van der Waals surface area (Å²) in [6.07, 6.45) is 0. The molecule has 0 aromatic heterocycles. The van der Waals surface area contributed by atoms with Crippen LogP contribution in [0.4, 0.5) is 14.5 Å². The standard InChI is InChI=1S/C20H13F2NO7S/c21-15-8-6-12(10-16(15)22)31(28,29)23-17-3-1-2-4-18(17)30-11-5-7-13(19(24)25)14(9-11)20(26)27/h1-10,23H,(H,24,25)(H,26,27). The average Bonchev–Trinajstić information content (AvgIpc) is 2.71. The van der Waals surface area contributed by atoms with E-state index < -0.39 is 49.6 Å². The Hall–Kier alpha value is -3.99. The van der Waals surface area contributed by atoms with E-state index in [0.29, 0.717) is 12.1 Å². The van der Waals surface area contributed by atoms with Crippen LogP contribution in [0.1, 0.15) is 20.7 Å². The molecule has 0 fully saturated rings. The van der Waals surface area contributed by atoms with Gasteiger partial charge in [-0.1, -0.05) is 12.1 Å². The van der Waals surface area contributed by atoms with Crippen molar-refractivity contribution in [2.75, 3.05) is 4.72 Å². The number of rotatable bonds is 7. The van der Waals surface area contributed by atoms with Crippen LogP contribution < -0.4 is 9.46 Å². The van der Waals surface area contributed by atoms with Gasteiger partial charge in [0.2, 0.25) is 0 Å².